The molecule has 0 spiro atoms. The average molecular weight is 203 g/mol. The second kappa shape index (κ2) is 5.07. The van der Waals surface area contributed by atoms with Crippen LogP contribution in [0.2, 0.25) is 0 Å². The van der Waals surface area contributed by atoms with Crippen molar-refractivity contribution in [1.82, 2.24) is 4.90 Å². The van der Waals surface area contributed by atoms with Gasteiger partial charge in [0.05, 0.1) is 6.10 Å². The molecule has 1 N–H and O–H groups in total. The van der Waals surface area contributed by atoms with Gasteiger partial charge in [0.2, 0.25) is 0 Å². The Hall–Kier alpha value is -0.160. The molecule has 0 aliphatic carbocycles. The van der Waals surface area contributed by atoms with Crippen molar-refractivity contribution in [1.29, 1.82) is 0 Å². The highest BCUT2D eigenvalue weighted by atomic mass is 16.7. The first-order chi connectivity index (χ1) is 6.56. The highest BCUT2D eigenvalue weighted by Gasteiger charge is 2.37. The number of hydrogen-bond donors (Lipinski definition) is 1. The summed E-state index contributed by atoms with van der Waals surface area (Å²) in [4.78, 5) is 2.02. The molecule has 0 aromatic carbocycles. The Morgan fingerprint density at radius 2 is 2.14 bits per heavy atom. The van der Waals surface area contributed by atoms with Crippen molar-refractivity contribution in [3.8, 4) is 0 Å². The Balaban J connectivity index is 2.60. The number of likely N-dealkylation sites (N-methyl/N-ethyl adjacent to an activating group) is 1. The van der Waals surface area contributed by atoms with Gasteiger partial charge in [-0.3, -0.25) is 0 Å². The smallest absolute Gasteiger partial charge is 0.185 e. The number of hydrogen-bond acceptors (Lipinski definition) is 4. The average Bonchev–Trinajstić information content (AvgIpc) is 2.10. The van der Waals surface area contributed by atoms with E-state index < -0.39 is 12.4 Å². The number of rotatable bonds is 3. The monoisotopic (exact) mass is 203 g/mol. The van der Waals surface area contributed by atoms with Crippen LogP contribution in [0.25, 0.3) is 0 Å². The molecule has 4 heteroatoms. The molecule has 1 heterocycles. The maximum Gasteiger partial charge on any atom is 0.185 e. The standard InChI is InChI=1S/C10H21NO3/c1-5-13-10-9(12)8(11(3)4)6-7(2)14-10/h7-10,12H,5-6H2,1-4H3. The van der Waals surface area contributed by atoms with Crippen LogP contribution in [0.3, 0.4) is 0 Å². The summed E-state index contributed by atoms with van der Waals surface area (Å²) in [5, 5.41) is 9.96. The summed E-state index contributed by atoms with van der Waals surface area (Å²) in [6.45, 7) is 4.48. The number of ether oxygens (including phenoxy) is 2. The minimum absolute atomic E-state index is 0.121. The lowest BCUT2D eigenvalue weighted by atomic mass is 9.99. The Morgan fingerprint density at radius 3 is 2.64 bits per heavy atom. The van der Waals surface area contributed by atoms with Crippen LogP contribution in [0, 0.1) is 0 Å². The van der Waals surface area contributed by atoms with Crippen LogP contribution in [-0.4, -0.2) is 55.2 Å². The lowest BCUT2D eigenvalue weighted by Crippen LogP contribution is -2.54. The SMILES string of the molecule is CCOC1OC(C)CC(N(C)C)C1O. The zero-order valence-corrected chi connectivity index (χ0v) is 9.43. The predicted molar refractivity (Wildman–Crippen MR) is 54.1 cm³/mol. The summed E-state index contributed by atoms with van der Waals surface area (Å²) in [7, 11) is 3.93. The molecule has 0 aromatic heterocycles. The van der Waals surface area contributed by atoms with Gasteiger partial charge in [-0.1, -0.05) is 0 Å². The second-order valence-electron chi connectivity index (χ2n) is 4.03. The molecule has 14 heavy (non-hydrogen) atoms. The molecule has 1 aliphatic rings. The molecule has 1 fully saturated rings. The summed E-state index contributed by atoms with van der Waals surface area (Å²) in [6.07, 6.45) is -0.0442. The minimum Gasteiger partial charge on any atom is -0.386 e. The molecular weight excluding hydrogens is 182 g/mol. The van der Waals surface area contributed by atoms with Crippen LogP contribution in [0.1, 0.15) is 20.3 Å². The summed E-state index contributed by atoms with van der Waals surface area (Å²) >= 11 is 0. The number of nitrogens with zero attached hydrogens (tertiary/aromatic N) is 1. The van der Waals surface area contributed by atoms with Crippen molar-refractivity contribution in [2.45, 2.75) is 44.8 Å². The fraction of sp³-hybridized carbons (Fsp3) is 1.00. The molecule has 4 nitrogen and oxygen atoms in total. The maximum absolute atomic E-state index is 9.96. The molecule has 84 valence electrons. The Morgan fingerprint density at radius 1 is 1.50 bits per heavy atom. The van der Waals surface area contributed by atoms with Crippen molar-refractivity contribution in [2.75, 3.05) is 20.7 Å². The van der Waals surface area contributed by atoms with Crippen LogP contribution < -0.4 is 0 Å². The predicted octanol–water partition coefficient (Wildman–Crippen LogP) is 0.449. The van der Waals surface area contributed by atoms with Crippen molar-refractivity contribution in [3.63, 3.8) is 0 Å². The largest absolute Gasteiger partial charge is 0.386 e. The highest BCUT2D eigenvalue weighted by Crippen LogP contribution is 2.23. The fourth-order valence-corrected chi connectivity index (χ4v) is 1.84. The Labute approximate surface area is 85.8 Å². The van der Waals surface area contributed by atoms with Gasteiger partial charge in [0.1, 0.15) is 6.10 Å². The summed E-state index contributed by atoms with van der Waals surface area (Å²) in [5.74, 6) is 0. The third-order valence-corrected chi connectivity index (χ3v) is 2.61. The van der Waals surface area contributed by atoms with E-state index in [4.69, 9.17) is 9.47 Å². The number of aliphatic hydroxyl groups is 1. The van der Waals surface area contributed by atoms with Gasteiger partial charge < -0.3 is 19.5 Å². The van der Waals surface area contributed by atoms with Crippen molar-refractivity contribution < 1.29 is 14.6 Å². The van der Waals surface area contributed by atoms with Crippen LogP contribution in [-0.2, 0) is 9.47 Å². The topological polar surface area (TPSA) is 41.9 Å². The Kier molecular flexibility index (Phi) is 4.31. The van der Waals surface area contributed by atoms with Crippen molar-refractivity contribution in [3.05, 3.63) is 0 Å². The first kappa shape index (κ1) is 11.9. The van der Waals surface area contributed by atoms with Crippen LogP contribution in [0.15, 0.2) is 0 Å². The summed E-state index contributed by atoms with van der Waals surface area (Å²) in [6, 6.07) is 0.121. The Bertz CT molecular complexity index is 175. The van der Waals surface area contributed by atoms with E-state index in [1.807, 2.05) is 32.8 Å². The van der Waals surface area contributed by atoms with E-state index >= 15 is 0 Å². The summed E-state index contributed by atoms with van der Waals surface area (Å²) in [5.41, 5.74) is 0. The fourth-order valence-electron chi connectivity index (χ4n) is 1.84. The first-order valence-electron chi connectivity index (χ1n) is 5.17. The molecule has 0 amide bonds. The van der Waals surface area contributed by atoms with E-state index in [1.54, 1.807) is 0 Å². The van der Waals surface area contributed by atoms with E-state index in [0.717, 1.165) is 6.42 Å². The molecule has 1 rings (SSSR count). The van der Waals surface area contributed by atoms with Crippen LogP contribution in [0.5, 0.6) is 0 Å². The van der Waals surface area contributed by atoms with Gasteiger partial charge in [-0.2, -0.15) is 0 Å². The molecular formula is C10H21NO3. The molecule has 4 unspecified atom stereocenters. The molecule has 0 saturated carbocycles. The van der Waals surface area contributed by atoms with Gasteiger partial charge in [0, 0.05) is 12.6 Å². The minimum atomic E-state index is -0.554. The van der Waals surface area contributed by atoms with E-state index in [-0.39, 0.29) is 12.1 Å². The van der Waals surface area contributed by atoms with Gasteiger partial charge in [0.15, 0.2) is 6.29 Å². The molecule has 0 bridgehead atoms. The maximum atomic E-state index is 9.96. The lowest BCUT2D eigenvalue weighted by Gasteiger charge is -2.40. The second-order valence-corrected chi connectivity index (χ2v) is 4.03. The van der Waals surface area contributed by atoms with Gasteiger partial charge >= 0.3 is 0 Å². The molecule has 0 aromatic rings. The van der Waals surface area contributed by atoms with E-state index in [2.05, 4.69) is 0 Å². The van der Waals surface area contributed by atoms with Gasteiger partial charge in [-0.25, -0.2) is 0 Å². The normalized spacial score (nSPS) is 39.0. The highest BCUT2D eigenvalue weighted by molar-refractivity contribution is 4.85. The quantitative estimate of drug-likeness (QED) is 0.723. The van der Waals surface area contributed by atoms with E-state index in [0.29, 0.717) is 6.61 Å². The third-order valence-electron chi connectivity index (χ3n) is 2.61. The summed E-state index contributed by atoms with van der Waals surface area (Å²) < 4.78 is 10.9. The van der Waals surface area contributed by atoms with E-state index in [9.17, 15) is 5.11 Å². The lowest BCUT2D eigenvalue weighted by molar-refractivity contribution is -0.250. The zero-order chi connectivity index (χ0) is 10.7. The van der Waals surface area contributed by atoms with Crippen molar-refractivity contribution in [2.24, 2.45) is 0 Å². The molecule has 1 aliphatic heterocycles. The molecule has 4 atom stereocenters. The van der Waals surface area contributed by atoms with Crippen LogP contribution in [0.4, 0.5) is 0 Å². The van der Waals surface area contributed by atoms with Gasteiger partial charge in [-0.15, -0.1) is 0 Å². The molecule has 0 radical (unpaired) electrons. The van der Waals surface area contributed by atoms with Crippen LogP contribution >= 0.6 is 0 Å². The van der Waals surface area contributed by atoms with Crippen molar-refractivity contribution >= 4 is 0 Å². The third kappa shape index (κ3) is 2.67. The van der Waals surface area contributed by atoms with Gasteiger partial charge in [-0.05, 0) is 34.4 Å². The first-order valence-corrected chi connectivity index (χ1v) is 5.17. The zero-order valence-electron chi connectivity index (χ0n) is 9.43. The number of aliphatic hydroxyl groups excluding tert-OH is 1. The van der Waals surface area contributed by atoms with Gasteiger partial charge in [0.25, 0.3) is 0 Å². The molecule has 1 saturated heterocycles. The van der Waals surface area contributed by atoms with E-state index in [1.165, 1.54) is 0 Å².